The average Bonchev–Trinajstić information content (AvgIpc) is 3.41. The molecule has 3 aliphatic rings. The number of ether oxygens (including phenoxy) is 1. The van der Waals surface area contributed by atoms with Gasteiger partial charge in [0, 0.05) is 50.7 Å². The molecule has 0 radical (unpaired) electrons. The van der Waals surface area contributed by atoms with Gasteiger partial charge in [-0.3, -0.25) is 4.79 Å². The third-order valence-corrected chi connectivity index (χ3v) is 8.35. The summed E-state index contributed by atoms with van der Waals surface area (Å²) in [6, 6.07) is 26.3. The van der Waals surface area contributed by atoms with Gasteiger partial charge in [-0.2, -0.15) is 0 Å². The molecule has 0 aromatic heterocycles. The number of nitrogens with zero attached hydrogens (tertiary/aromatic N) is 2. The number of hydrogen-bond donors (Lipinski definition) is 1. The van der Waals surface area contributed by atoms with Gasteiger partial charge in [0.05, 0.1) is 18.9 Å². The van der Waals surface area contributed by atoms with E-state index in [1.807, 2.05) is 4.90 Å². The van der Waals surface area contributed by atoms with Gasteiger partial charge in [0.2, 0.25) is 0 Å². The van der Waals surface area contributed by atoms with E-state index in [-0.39, 0.29) is 11.7 Å². The number of carbonyl (C=O) groups is 1. The van der Waals surface area contributed by atoms with Crippen molar-refractivity contribution in [3.63, 3.8) is 0 Å². The first-order valence-corrected chi connectivity index (χ1v) is 13.4. The Kier molecular flexibility index (Phi) is 6.94. The number of fused-ring (bicyclic) bond motifs is 1. The molecular formula is C31H34FN3O2. The lowest BCUT2D eigenvalue weighted by molar-refractivity contribution is 0.0948. The molecule has 0 spiro atoms. The zero-order chi connectivity index (χ0) is 25.2. The second kappa shape index (κ2) is 10.6. The molecule has 2 atom stereocenters. The average molecular weight is 500 g/mol. The van der Waals surface area contributed by atoms with Crippen LogP contribution in [0.4, 0.5) is 10.1 Å². The molecule has 3 aromatic rings. The van der Waals surface area contributed by atoms with Crippen molar-refractivity contribution in [1.29, 1.82) is 0 Å². The van der Waals surface area contributed by atoms with E-state index < -0.39 is 0 Å². The van der Waals surface area contributed by atoms with E-state index in [4.69, 9.17) is 4.74 Å². The fourth-order valence-electron chi connectivity index (χ4n) is 6.24. The van der Waals surface area contributed by atoms with Crippen LogP contribution in [0.2, 0.25) is 0 Å². The summed E-state index contributed by atoms with van der Waals surface area (Å²) in [5, 5.41) is 3.07. The van der Waals surface area contributed by atoms with Gasteiger partial charge in [-0.1, -0.05) is 60.7 Å². The molecule has 2 saturated heterocycles. The van der Waals surface area contributed by atoms with Gasteiger partial charge in [0.1, 0.15) is 5.82 Å². The number of halogens is 1. The van der Waals surface area contributed by atoms with Crippen LogP contribution >= 0.6 is 0 Å². The number of morpholine rings is 1. The summed E-state index contributed by atoms with van der Waals surface area (Å²) in [5.41, 5.74) is 3.63. The van der Waals surface area contributed by atoms with Crippen molar-refractivity contribution in [3.05, 3.63) is 101 Å². The number of benzene rings is 3. The lowest BCUT2D eigenvalue weighted by Gasteiger charge is -2.29. The monoisotopic (exact) mass is 499 g/mol. The summed E-state index contributed by atoms with van der Waals surface area (Å²) < 4.78 is 20.1. The van der Waals surface area contributed by atoms with Crippen LogP contribution in [-0.2, 0) is 4.74 Å². The number of carbonyl (C=O) groups excluding carboxylic acids is 1. The maximum atomic E-state index is 14.7. The van der Waals surface area contributed by atoms with Crippen LogP contribution in [0.1, 0.15) is 27.4 Å². The van der Waals surface area contributed by atoms with Crippen LogP contribution in [-0.4, -0.2) is 63.3 Å². The molecule has 3 aromatic carbocycles. The van der Waals surface area contributed by atoms with E-state index in [0.717, 1.165) is 19.6 Å². The molecule has 192 valence electrons. The Bertz CT molecular complexity index is 1160. The summed E-state index contributed by atoms with van der Waals surface area (Å²) in [4.78, 5) is 17.3. The summed E-state index contributed by atoms with van der Waals surface area (Å²) >= 11 is 0. The number of nitrogens with one attached hydrogen (secondary N) is 1. The Morgan fingerprint density at radius 1 is 0.919 bits per heavy atom. The molecule has 5 nitrogen and oxygen atoms in total. The smallest absolute Gasteiger partial charge is 0.251 e. The first-order chi connectivity index (χ1) is 18.2. The number of rotatable bonds is 8. The van der Waals surface area contributed by atoms with E-state index in [9.17, 15) is 9.18 Å². The van der Waals surface area contributed by atoms with Crippen LogP contribution in [0.25, 0.3) is 0 Å². The molecular weight excluding hydrogens is 465 g/mol. The molecule has 2 aliphatic heterocycles. The number of likely N-dealkylation sites (tertiary alicyclic amines) is 1. The predicted octanol–water partition coefficient (Wildman–Crippen LogP) is 4.40. The minimum atomic E-state index is -0.347. The normalized spacial score (nSPS) is 23.2. The van der Waals surface area contributed by atoms with Gasteiger partial charge < -0.3 is 19.9 Å². The zero-order valence-corrected chi connectivity index (χ0v) is 21.1. The van der Waals surface area contributed by atoms with Gasteiger partial charge in [0.25, 0.3) is 5.91 Å². The van der Waals surface area contributed by atoms with Crippen LogP contribution in [0.3, 0.4) is 0 Å². The van der Waals surface area contributed by atoms with Crippen molar-refractivity contribution in [2.24, 2.45) is 17.8 Å². The quantitative estimate of drug-likeness (QED) is 0.499. The Labute approximate surface area is 218 Å². The molecule has 2 heterocycles. The van der Waals surface area contributed by atoms with Gasteiger partial charge in [-0.05, 0) is 47.1 Å². The lowest BCUT2D eigenvalue weighted by atomic mass is 9.91. The number of amides is 1. The summed E-state index contributed by atoms with van der Waals surface area (Å²) in [6.07, 6.45) is 0. The number of anilines is 1. The Balaban J connectivity index is 1.01. The second-order valence-electron chi connectivity index (χ2n) is 10.6. The maximum Gasteiger partial charge on any atom is 0.251 e. The minimum Gasteiger partial charge on any atom is -0.378 e. The lowest BCUT2D eigenvalue weighted by Crippen LogP contribution is -2.36. The van der Waals surface area contributed by atoms with Crippen LogP contribution in [0, 0.1) is 23.6 Å². The number of hydrogen-bond acceptors (Lipinski definition) is 4. The Morgan fingerprint density at radius 3 is 2.14 bits per heavy atom. The van der Waals surface area contributed by atoms with E-state index in [1.165, 1.54) is 17.2 Å². The summed E-state index contributed by atoms with van der Waals surface area (Å²) in [5.74, 6) is 1.60. The molecule has 2 unspecified atom stereocenters. The minimum absolute atomic E-state index is 0.192. The second-order valence-corrected chi connectivity index (χ2v) is 10.6. The predicted molar refractivity (Wildman–Crippen MR) is 143 cm³/mol. The fourth-order valence-corrected chi connectivity index (χ4v) is 6.24. The van der Waals surface area contributed by atoms with Crippen LogP contribution in [0.5, 0.6) is 0 Å². The third-order valence-electron chi connectivity index (χ3n) is 8.35. The fraction of sp³-hybridized carbons (Fsp3) is 0.387. The molecule has 1 saturated carbocycles. The molecule has 1 amide bonds. The molecule has 6 heteroatoms. The summed E-state index contributed by atoms with van der Waals surface area (Å²) in [6.45, 7) is 6.35. The first-order valence-electron chi connectivity index (χ1n) is 13.4. The number of piperidine rings is 1. The highest BCUT2D eigenvalue weighted by Gasteiger charge is 2.55. The van der Waals surface area contributed by atoms with Crippen molar-refractivity contribution in [1.82, 2.24) is 10.2 Å². The van der Waals surface area contributed by atoms with Gasteiger partial charge >= 0.3 is 0 Å². The Hall–Kier alpha value is -3.22. The van der Waals surface area contributed by atoms with Crippen molar-refractivity contribution in [3.8, 4) is 0 Å². The van der Waals surface area contributed by atoms with E-state index in [1.54, 1.807) is 12.1 Å². The maximum absolute atomic E-state index is 14.7. The SMILES string of the molecule is O=C(NCC1C2CN(CC(c3ccccc3)c3ccccc3)CC12)c1ccc(N2CCOCC2)c(F)c1. The van der Waals surface area contributed by atoms with E-state index in [0.29, 0.717) is 67.8 Å². The topological polar surface area (TPSA) is 44.8 Å². The van der Waals surface area contributed by atoms with E-state index in [2.05, 4.69) is 70.9 Å². The van der Waals surface area contributed by atoms with Crippen molar-refractivity contribution in [2.75, 3.05) is 57.4 Å². The van der Waals surface area contributed by atoms with E-state index >= 15 is 0 Å². The third kappa shape index (κ3) is 5.27. The molecule has 0 bridgehead atoms. The summed E-state index contributed by atoms with van der Waals surface area (Å²) in [7, 11) is 0. The zero-order valence-electron chi connectivity index (χ0n) is 21.1. The largest absolute Gasteiger partial charge is 0.378 e. The van der Waals surface area contributed by atoms with Crippen molar-refractivity contribution in [2.45, 2.75) is 5.92 Å². The van der Waals surface area contributed by atoms with Gasteiger partial charge in [-0.25, -0.2) is 4.39 Å². The first kappa shape index (κ1) is 24.1. The van der Waals surface area contributed by atoms with Gasteiger partial charge in [0.15, 0.2) is 0 Å². The molecule has 6 rings (SSSR count). The van der Waals surface area contributed by atoms with Crippen molar-refractivity contribution < 1.29 is 13.9 Å². The molecule has 3 fully saturated rings. The highest BCUT2D eigenvalue weighted by atomic mass is 19.1. The van der Waals surface area contributed by atoms with Crippen LogP contribution < -0.4 is 10.2 Å². The highest BCUT2D eigenvalue weighted by molar-refractivity contribution is 5.94. The standard InChI is InChI=1S/C31H34FN3O2/c32-29-17-24(11-12-30(29)35-13-15-37-16-14-35)31(36)33-18-25-27-20-34(21-28(25)27)19-26(22-7-3-1-4-8-22)23-9-5-2-6-10-23/h1-12,17,25-28H,13-16,18-21H2,(H,33,36). The van der Waals surface area contributed by atoms with Crippen molar-refractivity contribution >= 4 is 11.6 Å². The molecule has 1 N–H and O–H groups in total. The molecule has 37 heavy (non-hydrogen) atoms. The van der Waals surface area contributed by atoms with Crippen LogP contribution in [0.15, 0.2) is 78.9 Å². The van der Waals surface area contributed by atoms with Gasteiger partial charge in [-0.15, -0.1) is 0 Å². The Morgan fingerprint density at radius 2 is 1.54 bits per heavy atom. The molecule has 1 aliphatic carbocycles. The highest BCUT2D eigenvalue weighted by Crippen LogP contribution is 2.51.